The fourth-order valence-electron chi connectivity index (χ4n) is 3.91. The molecule has 35 heavy (non-hydrogen) atoms. The van der Waals surface area contributed by atoms with E-state index >= 15 is 0 Å². The maximum absolute atomic E-state index is 13.1. The van der Waals surface area contributed by atoms with Crippen LogP contribution in [0.3, 0.4) is 0 Å². The van der Waals surface area contributed by atoms with Crippen molar-refractivity contribution in [3.05, 3.63) is 96.1 Å². The number of anilines is 1. The van der Waals surface area contributed by atoms with E-state index in [0.29, 0.717) is 24.0 Å². The second-order valence-electron chi connectivity index (χ2n) is 8.03. The molecule has 180 valence electrons. The van der Waals surface area contributed by atoms with Gasteiger partial charge in [-0.1, -0.05) is 72.4 Å². The van der Waals surface area contributed by atoms with Crippen LogP contribution in [0.25, 0.3) is 0 Å². The molecule has 1 atom stereocenters. The zero-order valence-corrected chi connectivity index (χ0v) is 20.7. The maximum atomic E-state index is 13.1. The molecule has 1 unspecified atom stereocenters. The Morgan fingerprint density at radius 2 is 1.60 bits per heavy atom. The number of thioether (sulfide) groups is 1. The summed E-state index contributed by atoms with van der Waals surface area (Å²) < 4.78 is 5.46. The highest BCUT2D eigenvalue weighted by Gasteiger charge is 2.35. The summed E-state index contributed by atoms with van der Waals surface area (Å²) in [5.74, 6) is 0.428. The van der Waals surface area contributed by atoms with E-state index in [0.717, 1.165) is 16.9 Å². The third kappa shape index (κ3) is 6.11. The number of ether oxygens (including phenoxy) is 1. The summed E-state index contributed by atoms with van der Waals surface area (Å²) in [6, 6.07) is 26.9. The van der Waals surface area contributed by atoms with E-state index in [1.54, 1.807) is 17.0 Å². The first-order valence-electron chi connectivity index (χ1n) is 11.8. The van der Waals surface area contributed by atoms with Gasteiger partial charge in [-0.2, -0.15) is 0 Å². The van der Waals surface area contributed by atoms with Crippen LogP contribution in [-0.2, 0) is 9.59 Å². The van der Waals surface area contributed by atoms with E-state index in [-0.39, 0.29) is 24.3 Å². The molecule has 1 saturated heterocycles. The molecule has 0 radical (unpaired) electrons. The summed E-state index contributed by atoms with van der Waals surface area (Å²) >= 11 is 1.34. The fourth-order valence-corrected chi connectivity index (χ4v) is 5.08. The third-order valence-corrected chi connectivity index (χ3v) is 6.85. The molecule has 2 amide bonds. The van der Waals surface area contributed by atoms with E-state index in [9.17, 15) is 9.59 Å². The number of carbonyl (C=O) groups excluding carboxylic acids is 2. The van der Waals surface area contributed by atoms with Gasteiger partial charge in [-0.25, -0.2) is 4.99 Å². The van der Waals surface area contributed by atoms with Crippen molar-refractivity contribution < 1.29 is 14.3 Å². The van der Waals surface area contributed by atoms with Crippen molar-refractivity contribution in [3.63, 3.8) is 0 Å². The second kappa shape index (κ2) is 11.7. The highest BCUT2D eigenvalue weighted by Crippen LogP contribution is 2.33. The molecule has 3 aromatic rings. The minimum Gasteiger partial charge on any atom is -0.494 e. The average Bonchev–Trinajstić information content (AvgIpc) is 2.89. The summed E-state index contributed by atoms with van der Waals surface area (Å²) in [5.41, 5.74) is 2.71. The van der Waals surface area contributed by atoms with Crippen LogP contribution in [-0.4, -0.2) is 40.3 Å². The number of hydrogen-bond donors (Lipinski definition) is 1. The first kappa shape index (κ1) is 24.5. The summed E-state index contributed by atoms with van der Waals surface area (Å²) in [5, 5.41) is 2.93. The Bertz CT molecular complexity index is 1130. The van der Waals surface area contributed by atoms with Gasteiger partial charge < -0.3 is 10.1 Å². The monoisotopic (exact) mass is 487 g/mol. The molecule has 3 aromatic carbocycles. The highest BCUT2D eigenvalue weighted by atomic mass is 32.2. The van der Waals surface area contributed by atoms with E-state index in [2.05, 4.69) is 5.32 Å². The van der Waals surface area contributed by atoms with Gasteiger partial charge in [-0.3, -0.25) is 14.5 Å². The topological polar surface area (TPSA) is 71.0 Å². The summed E-state index contributed by atoms with van der Waals surface area (Å²) in [4.78, 5) is 32.8. The van der Waals surface area contributed by atoms with Crippen molar-refractivity contribution in [2.75, 3.05) is 18.5 Å². The number of aliphatic imine (C=N–C) groups is 1. The number of benzene rings is 3. The molecule has 1 N–H and O–H groups in total. The molecule has 1 aliphatic heterocycles. The van der Waals surface area contributed by atoms with Gasteiger partial charge in [0, 0.05) is 18.7 Å². The van der Waals surface area contributed by atoms with Gasteiger partial charge in [-0.15, -0.1) is 0 Å². The van der Waals surface area contributed by atoms with Crippen LogP contribution in [0.15, 0.2) is 89.9 Å². The van der Waals surface area contributed by atoms with E-state index in [1.807, 2.05) is 86.6 Å². The number of amidine groups is 1. The fraction of sp³-hybridized carbons (Fsp3) is 0.250. The Morgan fingerprint density at radius 1 is 1.00 bits per heavy atom. The van der Waals surface area contributed by atoms with Crippen LogP contribution >= 0.6 is 11.8 Å². The second-order valence-corrected chi connectivity index (χ2v) is 9.20. The summed E-state index contributed by atoms with van der Waals surface area (Å²) in [6.45, 7) is 4.92. The smallest absolute Gasteiger partial charge is 0.238 e. The van der Waals surface area contributed by atoms with Gasteiger partial charge in [0.2, 0.25) is 11.8 Å². The van der Waals surface area contributed by atoms with E-state index in [1.165, 1.54) is 11.8 Å². The lowest BCUT2D eigenvalue weighted by atomic mass is 9.99. The molecule has 4 rings (SSSR count). The van der Waals surface area contributed by atoms with Crippen LogP contribution in [0.4, 0.5) is 5.69 Å². The first-order chi connectivity index (χ1) is 17.1. The molecule has 0 spiro atoms. The lowest BCUT2D eigenvalue weighted by molar-refractivity contribution is -0.129. The predicted molar refractivity (Wildman–Crippen MR) is 142 cm³/mol. The van der Waals surface area contributed by atoms with Gasteiger partial charge in [-0.05, 0) is 49.2 Å². The molecule has 0 aliphatic carbocycles. The normalized spacial score (nSPS) is 17.0. The maximum Gasteiger partial charge on any atom is 0.238 e. The van der Waals surface area contributed by atoms with Crippen LogP contribution in [0.2, 0.25) is 0 Å². The number of carbonyl (C=O) groups is 2. The summed E-state index contributed by atoms with van der Waals surface area (Å²) in [6.07, 6.45) is 0.127. The van der Waals surface area contributed by atoms with Crippen molar-refractivity contribution in [3.8, 4) is 5.75 Å². The molecule has 6 nitrogen and oxygen atoms in total. The Kier molecular flexibility index (Phi) is 8.21. The molecule has 0 saturated carbocycles. The minimum absolute atomic E-state index is 0.100. The van der Waals surface area contributed by atoms with Crippen molar-refractivity contribution in [2.45, 2.75) is 31.6 Å². The Hall–Kier alpha value is -3.58. The predicted octanol–water partition coefficient (Wildman–Crippen LogP) is 5.52. The SMILES string of the molecule is CCOc1ccc(NC(=O)C2CC(=O)N(CC)C(=NC(c3ccccc3)c3ccccc3)S2)cc1. The van der Waals surface area contributed by atoms with Gasteiger partial charge in [0.1, 0.15) is 17.0 Å². The lowest BCUT2D eigenvalue weighted by Crippen LogP contribution is -2.45. The van der Waals surface area contributed by atoms with Gasteiger partial charge in [0.15, 0.2) is 5.17 Å². The quantitative estimate of drug-likeness (QED) is 0.454. The Labute approximate surface area is 210 Å². The van der Waals surface area contributed by atoms with Crippen LogP contribution in [0.1, 0.15) is 37.4 Å². The largest absolute Gasteiger partial charge is 0.494 e. The standard InChI is InChI=1S/C28H29N3O3S/c1-3-31-25(32)19-24(27(33)29-22-15-17-23(18-16-22)34-4-2)35-28(31)30-26(20-11-7-5-8-12-20)21-13-9-6-10-14-21/h5-18,24,26H,3-4,19H2,1-2H3,(H,29,33). The summed E-state index contributed by atoms with van der Waals surface area (Å²) in [7, 11) is 0. The number of amides is 2. The number of hydrogen-bond acceptors (Lipinski definition) is 5. The van der Waals surface area contributed by atoms with Gasteiger partial charge >= 0.3 is 0 Å². The number of rotatable bonds is 8. The number of nitrogens with zero attached hydrogens (tertiary/aromatic N) is 2. The van der Waals surface area contributed by atoms with Crippen LogP contribution < -0.4 is 10.1 Å². The molecule has 1 fully saturated rings. The van der Waals surface area contributed by atoms with E-state index < -0.39 is 5.25 Å². The van der Waals surface area contributed by atoms with Gasteiger partial charge in [0.25, 0.3) is 0 Å². The zero-order valence-electron chi connectivity index (χ0n) is 19.9. The van der Waals surface area contributed by atoms with Gasteiger partial charge in [0.05, 0.1) is 6.61 Å². The van der Waals surface area contributed by atoms with Crippen molar-refractivity contribution in [1.29, 1.82) is 0 Å². The lowest BCUT2D eigenvalue weighted by Gasteiger charge is -2.32. The minimum atomic E-state index is -0.567. The molecular weight excluding hydrogens is 458 g/mol. The highest BCUT2D eigenvalue weighted by molar-refractivity contribution is 8.15. The Balaban J connectivity index is 1.60. The molecule has 1 aliphatic rings. The zero-order chi connectivity index (χ0) is 24.6. The van der Waals surface area contributed by atoms with Crippen LogP contribution in [0, 0.1) is 0 Å². The van der Waals surface area contributed by atoms with Crippen LogP contribution in [0.5, 0.6) is 5.75 Å². The molecular formula is C28H29N3O3S. The average molecular weight is 488 g/mol. The molecule has 1 heterocycles. The molecule has 0 bridgehead atoms. The molecule has 7 heteroatoms. The first-order valence-corrected chi connectivity index (χ1v) is 12.7. The van der Waals surface area contributed by atoms with Crippen molar-refractivity contribution in [2.24, 2.45) is 4.99 Å². The number of nitrogens with one attached hydrogen (secondary N) is 1. The third-order valence-electron chi connectivity index (χ3n) is 5.65. The van der Waals surface area contributed by atoms with Crippen molar-refractivity contribution >= 4 is 34.4 Å². The van der Waals surface area contributed by atoms with Crippen molar-refractivity contribution in [1.82, 2.24) is 4.90 Å². The van der Waals surface area contributed by atoms with E-state index in [4.69, 9.17) is 9.73 Å². The molecule has 0 aromatic heterocycles. The Morgan fingerprint density at radius 3 is 2.14 bits per heavy atom.